The molecule has 1 aromatic heterocycles. The highest BCUT2D eigenvalue weighted by Crippen LogP contribution is 2.33. The minimum Gasteiger partial charge on any atom is -0.325 e. The van der Waals surface area contributed by atoms with Gasteiger partial charge in [0.1, 0.15) is 0 Å². The number of rotatable bonds is 6. The van der Waals surface area contributed by atoms with Crippen molar-refractivity contribution >= 4 is 23.4 Å². The molecule has 5 nitrogen and oxygen atoms in total. The van der Waals surface area contributed by atoms with Crippen molar-refractivity contribution in [3.8, 4) is 11.4 Å². The first-order chi connectivity index (χ1) is 14.2. The number of carbonyl (C=O) groups is 1. The Bertz CT molecular complexity index is 947. The maximum absolute atomic E-state index is 12.4. The number of amides is 1. The summed E-state index contributed by atoms with van der Waals surface area (Å²) in [6, 6.07) is 18.3. The van der Waals surface area contributed by atoms with Crippen LogP contribution in [0.25, 0.3) is 11.4 Å². The van der Waals surface area contributed by atoms with Gasteiger partial charge in [0.05, 0.1) is 5.75 Å². The third-order valence-electron chi connectivity index (χ3n) is 5.47. The van der Waals surface area contributed by atoms with Crippen molar-refractivity contribution in [2.75, 3.05) is 11.1 Å². The van der Waals surface area contributed by atoms with Gasteiger partial charge in [-0.05, 0) is 36.5 Å². The predicted molar refractivity (Wildman–Crippen MR) is 118 cm³/mol. The van der Waals surface area contributed by atoms with Gasteiger partial charge in [-0.15, -0.1) is 10.2 Å². The summed E-state index contributed by atoms with van der Waals surface area (Å²) in [6.45, 7) is 0. The summed E-state index contributed by atoms with van der Waals surface area (Å²) in [4.78, 5) is 12.4. The van der Waals surface area contributed by atoms with Crippen LogP contribution in [0.4, 0.5) is 5.69 Å². The molecule has 2 aromatic carbocycles. The molecule has 1 fully saturated rings. The Morgan fingerprint density at radius 3 is 2.48 bits per heavy atom. The molecule has 0 unspecified atom stereocenters. The highest BCUT2D eigenvalue weighted by atomic mass is 32.2. The second kappa shape index (κ2) is 9.27. The quantitative estimate of drug-likeness (QED) is 0.567. The number of nitrogens with zero attached hydrogens (tertiary/aromatic N) is 3. The molecule has 3 aromatic rings. The first-order valence-corrected chi connectivity index (χ1v) is 11.2. The zero-order chi connectivity index (χ0) is 20.1. The number of hydrogen-bond acceptors (Lipinski definition) is 4. The van der Waals surface area contributed by atoms with Crippen LogP contribution in [0.1, 0.15) is 43.6 Å². The number of carbonyl (C=O) groups excluding carboxylic acids is 1. The van der Waals surface area contributed by atoms with Gasteiger partial charge in [-0.25, -0.2) is 0 Å². The van der Waals surface area contributed by atoms with Gasteiger partial charge in [-0.3, -0.25) is 4.79 Å². The molecule has 4 rings (SSSR count). The summed E-state index contributed by atoms with van der Waals surface area (Å²) < 4.78 is 1.92. The molecule has 29 heavy (non-hydrogen) atoms. The first-order valence-electron chi connectivity index (χ1n) is 10.2. The lowest BCUT2D eigenvalue weighted by Gasteiger charge is -2.22. The third kappa shape index (κ3) is 4.88. The Morgan fingerprint density at radius 1 is 1.03 bits per heavy atom. The molecule has 0 saturated heterocycles. The molecule has 0 bridgehead atoms. The lowest BCUT2D eigenvalue weighted by atomic mass is 9.84. The van der Waals surface area contributed by atoms with E-state index in [-0.39, 0.29) is 5.91 Å². The van der Waals surface area contributed by atoms with Crippen molar-refractivity contribution in [1.29, 1.82) is 0 Å². The van der Waals surface area contributed by atoms with Crippen LogP contribution in [0.3, 0.4) is 0 Å². The smallest absolute Gasteiger partial charge is 0.234 e. The van der Waals surface area contributed by atoms with Crippen LogP contribution in [0.2, 0.25) is 0 Å². The van der Waals surface area contributed by atoms with Gasteiger partial charge < -0.3 is 9.88 Å². The Morgan fingerprint density at radius 2 is 1.76 bits per heavy atom. The second-order valence-corrected chi connectivity index (χ2v) is 8.47. The van der Waals surface area contributed by atoms with E-state index >= 15 is 0 Å². The molecule has 0 atom stereocenters. The highest BCUT2D eigenvalue weighted by Gasteiger charge is 2.16. The van der Waals surface area contributed by atoms with E-state index in [0.717, 1.165) is 22.2 Å². The average molecular weight is 407 g/mol. The van der Waals surface area contributed by atoms with Gasteiger partial charge in [-0.1, -0.05) is 73.5 Å². The Hall–Kier alpha value is -2.60. The molecule has 0 aliphatic heterocycles. The highest BCUT2D eigenvalue weighted by molar-refractivity contribution is 7.99. The molecule has 0 radical (unpaired) electrons. The molecule has 1 aliphatic rings. The van der Waals surface area contributed by atoms with E-state index in [9.17, 15) is 4.79 Å². The van der Waals surface area contributed by atoms with Crippen molar-refractivity contribution < 1.29 is 4.79 Å². The van der Waals surface area contributed by atoms with E-state index in [1.165, 1.54) is 49.4 Å². The molecule has 1 heterocycles. The molecule has 0 spiro atoms. The fourth-order valence-electron chi connectivity index (χ4n) is 3.88. The average Bonchev–Trinajstić information content (AvgIpc) is 3.14. The molecule has 6 heteroatoms. The third-order valence-corrected chi connectivity index (χ3v) is 6.49. The van der Waals surface area contributed by atoms with Crippen molar-refractivity contribution in [2.24, 2.45) is 7.05 Å². The van der Waals surface area contributed by atoms with E-state index in [1.807, 2.05) is 54.1 Å². The molecule has 1 saturated carbocycles. The maximum Gasteiger partial charge on any atom is 0.234 e. The molecule has 1 N–H and O–H groups in total. The van der Waals surface area contributed by atoms with Crippen LogP contribution in [0.15, 0.2) is 59.8 Å². The second-order valence-electron chi connectivity index (χ2n) is 7.53. The normalized spacial score (nSPS) is 14.7. The number of anilines is 1. The fourth-order valence-corrected chi connectivity index (χ4v) is 4.59. The molecule has 1 aliphatic carbocycles. The summed E-state index contributed by atoms with van der Waals surface area (Å²) in [5, 5.41) is 12.2. The van der Waals surface area contributed by atoms with Crippen molar-refractivity contribution in [3.05, 3.63) is 60.2 Å². The van der Waals surface area contributed by atoms with Crippen molar-refractivity contribution in [1.82, 2.24) is 14.8 Å². The zero-order valence-corrected chi connectivity index (χ0v) is 17.5. The van der Waals surface area contributed by atoms with Gasteiger partial charge >= 0.3 is 0 Å². The summed E-state index contributed by atoms with van der Waals surface area (Å²) in [6.07, 6.45) is 6.58. The fraction of sp³-hybridized carbons (Fsp3) is 0.348. The van der Waals surface area contributed by atoms with E-state index in [4.69, 9.17) is 0 Å². The van der Waals surface area contributed by atoms with E-state index in [1.54, 1.807) is 0 Å². The summed E-state index contributed by atoms with van der Waals surface area (Å²) in [5.74, 6) is 1.74. The topological polar surface area (TPSA) is 59.8 Å². The van der Waals surface area contributed by atoms with Crippen molar-refractivity contribution in [2.45, 2.75) is 43.2 Å². The molecule has 1 amide bonds. The van der Waals surface area contributed by atoms with Crippen LogP contribution in [0, 0.1) is 0 Å². The largest absolute Gasteiger partial charge is 0.325 e. The monoisotopic (exact) mass is 406 g/mol. The van der Waals surface area contributed by atoms with Gasteiger partial charge in [0.25, 0.3) is 0 Å². The van der Waals surface area contributed by atoms with Crippen LogP contribution >= 0.6 is 11.8 Å². The lowest BCUT2D eigenvalue weighted by molar-refractivity contribution is -0.113. The van der Waals surface area contributed by atoms with Crippen LogP contribution in [-0.4, -0.2) is 26.4 Å². The van der Waals surface area contributed by atoms with Crippen molar-refractivity contribution in [3.63, 3.8) is 0 Å². The van der Waals surface area contributed by atoms with Gasteiger partial charge in [-0.2, -0.15) is 0 Å². The van der Waals surface area contributed by atoms with Gasteiger partial charge in [0.15, 0.2) is 11.0 Å². The van der Waals surface area contributed by atoms with E-state index in [0.29, 0.717) is 11.7 Å². The molecular weight excluding hydrogens is 380 g/mol. The number of aromatic nitrogens is 3. The predicted octanol–water partition coefficient (Wildman–Crippen LogP) is 5.26. The maximum atomic E-state index is 12.4. The van der Waals surface area contributed by atoms with Gasteiger partial charge in [0.2, 0.25) is 5.91 Å². The minimum atomic E-state index is -0.0373. The summed E-state index contributed by atoms with van der Waals surface area (Å²) >= 11 is 1.39. The standard InChI is InChI=1S/C23H26N4OS/c1-27-22(19-10-6-3-7-11-19)25-26-23(27)29-16-21(28)24-20-14-12-18(13-15-20)17-8-4-2-5-9-17/h3,6-7,10-15,17H,2,4-5,8-9,16H2,1H3,(H,24,28). The van der Waals surface area contributed by atoms with E-state index < -0.39 is 0 Å². The van der Waals surface area contributed by atoms with Crippen LogP contribution in [0.5, 0.6) is 0 Å². The Balaban J connectivity index is 1.32. The number of benzene rings is 2. The SMILES string of the molecule is Cn1c(SCC(=O)Nc2ccc(C3CCCCC3)cc2)nnc1-c1ccccc1. The minimum absolute atomic E-state index is 0.0373. The van der Waals surface area contributed by atoms with Gasteiger partial charge in [0, 0.05) is 18.3 Å². The van der Waals surface area contributed by atoms with E-state index in [2.05, 4.69) is 27.6 Å². The number of hydrogen-bond donors (Lipinski definition) is 1. The van der Waals surface area contributed by atoms with Crippen LogP contribution < -0.4 is 5.32 Å². The molecule has 150 valence electrons. The summed E-state index contributed by atoms with van der Waals surface area (Å²) in [7, 11) is 1.92. The van der Waals surface area contributed by atoms with Crippen LogP contribution in [-0.2, 0) is 11.8 Å². The number of nitrogens with one attached hydrogen (secondary N) is 1. The first kappa shape index (κ1) is 19.7. The number of thioether (sulfide) groups is 1. The Kier molecular flexibility index (Phi) is 6.30. The molecular formula is C23H26N4OS. The lowest BCUT2D eigenvalue weighted by Crippen LogP contribution is -2.14. The zero-order valence-electron chi connectivity index (χ0n) is 16.7. The summed E-state index contributed by atoms with van der Waals surface area (Å²) in [5.41, 5.74) is 3.25. The Labute approximate surface area is 175 Å².